The molecular weight excluding hydrogens is 362 g/mol. The fourth-order valence-corrected chi connectivity index (χ4v) is 4.00. The van der Waals surface area contributed by atoms with Gasteiger partial charge in [0.05, 0.1) is 12.0 Å². The van der Waals surface area contributed by atoms with Crippen LogP contribution in [-0.4, -0.2) is 35.7 Å². The number of benzene rings is 2. The van der Waals surface area contributed by atoms with E-state index in [1.54, 1.807) is 12.1 Å². The third-order valence-corrected chi connectivity index (χ3v) is 5.69. The number of likely N-dealkylation sites (tertiary alicyclic amines) is 1. The summed E-state index contributed by atoms with van der Waals surface area (Å²) in [7, 11) is 0. The lowest BCUT2D eigenvalue weighted by Gasteiger charge is -2.40. The average Bonchev–Trinajstić information content (AvgIpc) is 2.65. The first-order valence-electron chi connectivity index (χ1n) is 9.43. The lowest BCUT2D eigenvalue weighted by atomic mass is 9.73. The molecule has 27 heavy (non-hydrogen) atoms. The van der Waals surface area contributed by atoms with E-state index in [0.29, 0.717) is 18.1 Å². The van der Waals surface area contributed by atoms with Crippen LogP contribution in [0.4, 0.5) is 0 Å². The smallest absolute Gasteiger partial charge is 0.312 e. The van der Waals surface area contributed by atoms with Gasteiger partial charge >= 0.3 is 5.97 Å². The average molecular weight is 388 g/mol. The monoisotopic (exact) mass is 387 g/mol. The molecule has 0 unspecified atom stereocenters. The maximum Gasteiger partial charge on any atom is 0.312 e. The minimum Gasteiger partial charge on any atom is -0.508 e. The lowest BCUT2D eigenvalue weighted by molar-refractivity contribution is -0.158. The van der Waals surface area contributed by atoms with E-state index in [1.807, 2.05) is 43.3 Å². The molecule has 0 spiro atoms. The second-order valence-corrected chi connectivity index (χ2v) is 7.62. The minimum atomic E-state index is -0.531. The zero-order valence-corrected chi connectivity index (χ0v) is 16.4. The molecule has 3 rings (SSSR count). The molecule has 0 radical (unpaired) electrons. The number of hydrogen-bond acceptors (Lipinski definition) is 4. The van der Waals surface area contributed by atoms with Gasteiger partial charge in [0.2, 0.25) is 0 Å². The number of piperidine rings is 1. The Morgan fingerprint density at radius 3 is 2.59 bits per heavy atom. The van der Waals surface area contributed by atoms with Crippen LogP contribution in [0.5, 0.6) is 5.75 Å². The van der Waals surface area contributed by atoms with Crippen LogP contribution < -0.4 is 0 Å². The van der Waals surface area contributed by atoms with Crippen LogP contribution in [0.1, 0.15) is 30.9 Å². The quantitative estimate of drug-likeness (QED) is 0.745. The molecule has 0 amide bonds. The second kappa shape index (κ2) is 8.77. The molecule has 144 valence electrons. The summed E-state index contributed by atoms with van der Waals surface area (Å²) in [5.41, 5.74) is 1.54. The van der Waals surface area contributed by atoms with Crippen LogP contribution in [0.3, 0.4) is 0 Å². The summed E-state index contributed by atoms with van der Waals surface area (Å²) in [6.45, 7) is 4.60. The number of halogens is 1. The molecule has 2 aromatic carbocycles. The van der Waals surface area contributed by atoms with Gasteiger partial charge in [-0.1, -0.05) is 41.9 Å². The van der Waals surface area contributed by atoms with Crippen molar-refractivity contribution < 1.29 is 14.6 Å². The van der Waals surface area contributed by atoms with Gasteiger partial charge in [-0.2, -0.15) is 0 Å². The summed E-state index contributed by atoms with van der Waals surface area (Å²) in [5.74, 6) is 0.158. The predicted octanol–water partition coefficient (Wildman–Crippen LogP) is 4.43. The fourth-order valence-electron chi connectivity index (χ4n) is 3.80. The lowest BCUT2D eigenvalue weighted by Crippen LogP contribution is -2.46. The summed E-state index contributed by atoms with van der Waals surface area (Å²) in [6, 6.07) is 15.0. The highest BCUT2D eigenvalue weighted by Crippen LogP contribution is 2.38. The third kappa shape index (κ3) is 4.82. The second-order valence-electron chi connectivity index (χ2n) is 7.22. The van der Waals surface area contributed by atoms with Crippen LogP contribution in [0.15, 0.2) is 48.5 Å². The van der Waals surface area contributed by atoms with Gasteiger partial charge in [0.1, 0.15) is 5.75 Å². The third-order valence-electron chi connectivity index (χ3n) is 5.33. The summed E-state index contributed by atoms with van der Waals surface area (Å²) in [4.78, 5) is 15.1. The number of hydrogen-bond donors (Lipinski definition) is 1. The van der Waals surface area contributed by atoms with Gasteiger partial charge in [-0.15, -0.1) is 0 Å². The Bertz CT molecular complexity index is 785. The molecule has 0 saturated carbocycles. The predicted molar refractivity (Wildman–Crippen MR) is 107 cm³/mol. The SMILES string of the molecule is CCOC(=O)C1(Cc2ccccc2Cl)CCN(Cc2cccc(O)c2)CC1. The van der Waals surface area contributed by atoms with Gasteiger partial charge in [-0.25, -0.2) is 0 Å². The van der Waals surface area contributed by atoms with Crippen LogP contribution in [0.2, 0.25) is 5.02 Å². The maximum atomic E-state index is 12.8. The summed E-state index contributed by atoms with van der Waals surface area (Å²) >= 11 is 6.35. The van der Waals surface area contributed by atoms with Crippen LogP contribution >= 0.6 is 11.6 Å². The molecule has 5 heteroatoms. The summed E-state index contributed by atoms with van der Waals surface area (Å²) in [6.07, 6.45) is 2.07. The van der Waals surface area contributed by atoms with Crippen molar-refractivity contribution in [3.05, 3.63) is 64.7 Å². The van der Waals surface area contributed by atoms with Crippen molar-refractivity contribution >= 4 is 17.6 Å². The molecule has 1 fully saturated rings. The maximum absolute atomic E-state index is 12.8. The number of phenols is 1. The molecule has 4 nitrogen and oxygen atoms in total. The van der Waals surface area contributed by atoms with Gasteiger partial charge in [-0.05, 0) is 68.6 Å². The van der Waals surface area contributed by atoms with E-state index in [0.717, 1.165) is 43.6 Å². The Kier molecular flexibility index (Phi) is 6.40. The van der Waals surface area contributed by atoms with Crippen molar-refractivity contribution in [3.63, 3.8) is 0 Å². The first-order valence-corrected chi connectivity index (χ1v) is 9.81. The number of carbonyl (C=O) groups excluding carboxylic acids is 1. The zero-order chi connectivity index (χ0) is 19.3. The summed E-state index contributed by atoms with van der Waals surface area (Å²) in [5, 5.41) is 10.4. The Balaban J connectivity index is 1.72. The Morgan fingerprint density at radius 2 is 1.93 bits per heavy atom. The molecule has 0 bridgehead atoms. The number of rotatable bonds is 6. The number of phenolic OH excluding ortho intramolecular Hbond substituents is 1. The van der Waals surface area contributed by atoms with Crippen molar-refractivity contribution in [2.75, 3.05) is 19.7 Å². The van der Waals surface area contributed by atoms with E-state index >= 15 is 0 Å². The highest BCUT2D eigenvalue weighted by Gasteiger charge is 2.43. The summed E-state index contributed by atoms with van der Waals surface area (Å²) < 4.78 is 5.43. The number of aromatic hydroxyl groups is 1. The molecular formula is C22H26ClNO3. The normalized spacial score (nSPS) is 16.8. The molecule has 0 aliphatic carbocycles. The van der Waals surface area contributed by atoms with Gasteiger partial charge in [0.15, 0.2) is 0 Å². The molecule has 1 N–H and O–H groups in total. The van der Waals surface area contributed by atoms with Crippen molar-refractivity contribution in [2.45, 2.75) is 32.7 Å². The largest absolute Gasteiger partial charge is 0.508 e. The van der Waals surface area contributed by atoms with Crippen LogP contribution in [0, 0.1) is 5.41 Å². The Labute approximate surface area is 165 Å². The van der Waals surface area contributed by atoms with Gasteiger partial charge in [0.25, 0.3) is 0 Å². The molecule has 0 aromatic heterocycles. The van der Waals surface area contributed by atoms with E-state index < -0.39 is 5.41 Å². The molecule has 2 aromatic rings. The first-order chi connectivity index (χ1) is 13.0. The fraction of sp³-hybridized carbons (Fsp3) is 0.409. The number of esters is 1. The zero-order valence-electron chi connectivity index (χ0n) is 15.7. The van der Waals surface area contributed by atoms with E-state index in [1.165, 1.54) is 0 Å². The van der Waals surface area contributed by atoms with Crippen molar-refractivity contribution in [2.24, 2.45) is 5.41 Å². The highest BCUT2D eigenvalue weighted by molar-refractivity contribution is 6.31. The van der Waals surface area contributed by atoms with E-state index in [2.05, 4.69) is 4.90 Å². The molecule has 1 heterocycles. The minimum absolute atomic E-state index is 0.123. The first kappa shape index (κ1) is 19.7. The van der Waals surface area contributed by atoms with E-state index in [-0.39, 0.29) is 11.7 Å². The Morgan fingerprint density at radius 1 is 1.19 bits per heavy atom. The van der Waals surface area contributed by atoms with E-state index in [4.69, 9.17) is 16.3 Å². The highest BCUT2D eigenvalue weighted by atomic mass is 35.5. The van der Waals surface area contributed by atoms with Gasteiger partial charge in [-0.3, -0.25) is 9.69 Å². The van der Waals surface area contributed by atoms with Gasteiger partial charge < -0.3 is 9.84 Å². The standard InChI is InChI=1S/C22H26ClNO3/c1-2-27-21(26)22(15-18-7-3-4-9-20(18)23)10-12-24(13-11-22)16-17-6-5-8-19(25)14-17/h3-9,14,25H,2,10-13,15-16H2,1H3. The molecule has 1 aliphatic heterocycles. The topological polar surface area (TPSA) is 49.8 Å². The van der Waals surface area contributed by atoms with E-state index in [9.17, 15) is 9.90 Å². The number of nitrogens with zero attached hydrogens (tertiary/aromatic N) is 1. The van der Waals surface area contributed by atoms with Crippen LogP contribution in [-0.2, 0) is 22.5 Å². The van der Waals surface area contributed by atoms with Crippen LogP contribution in [0.25, 0.3) is 0 Å². The number of carbonyl (C=O) groups is 1. The van der Waals surface area contributed by atoms with Crippen molar-refractivity contribution in [3.8, 4) is 5.75 Å². The Hall–Kier alpha value is -2.04. The molecule has 0 atom stereocenters. The van der Waals surface area contributed by atoms with Crippen molar-refractivity contribution in [1.29, 1.82) is 0 Å². The van der Waals surface area contributed by atoms with Crippen molar-refractivity contribution in [1.82, 2.24) is 4.90 Å². The molecule has 1 saturated heterocycles. The number of ether oxygens (including phenoxy) is 1. The van der Waals surface area contributed by atoms with Gasteiger partial charge in [0, 0.05) is 11.6 Å². The molecule has 1 aliphatic rings.